The van der Waals surface area contributed by atoms with Crippen molar-refractivity contribution in [1.29, 1.82) is 0 Å². The van der Waals surface area contributed by atoms with E-state index in [2.05, 4.69) is 18.2 Å². The number of rotatable bonds is 4. The van der Waals surface area contributed by atoms with E-state index in [0.29, 0.717) is 5.92 Å². The van der Waals surface area contributed by atoms with E-state index in [1.165, 1.54) is 31.1 Å². The number of hydrogen-bond acceptors (Lipinski definition) is 4. The van der Waals surface area contributed by atoms with Gasteiger partial charge in [-0.05, 0) is 54.7 Å². The van der Waals surface area contributed by atoms with Gasteiger partial charge in [0, 0.05) is 18.9 Å². The number of benzene rings is 1. The molecule has 1 spiro atoms. The molecule has 3 aliphatic rings. The van der Waals surface area contributed by atoms with Gasteiger partial charge in [-0.1, -0.05) is 19.1 Å². The van der Waals surface area contributed by atoms with E-state index in [4.69, 9.17) is 15.2 Å². The molecule has 4 nitrogen and oxygen atoms in total. The Morgan fingerprint density at radius 3 is 2.75 bits per heavy atom. The molecule has 1 aromatic carbocycles. The highest BCUT2D eigenvalue weighted by Gasteiger charge is 2.47. The summed E-state index contributed by atoms with van der Waals surface area (Å²) in [5.74, 6) is 1.59. The van der Waals surface area contributed by atoms with Crippen molar-refractivity contribution in [2.24, 2.45) is 17.6 Å². The molecule has 2 N–H and O–H groups in total. The van der Waals surface area contributed by atoms with Crippen molar-refractivity contribution >= 4 is 5.97 Å². The number of aryl methyl sites for hydroxylation is 1. The van der Waals surface area contributed by atoms with Crippen LogP contribution in [-0.2, 0) is 16.0 Å². The molecule has 2 atom stereocenters. The summed E-state index contributed by atoms with van der Waals surface area (Å²) < 4.78 is 11.4. The number of carbonyl (C=O) groups excluding carboxylic acids is 1. The monoisotopic (exact) mass is 329 g/mol. The molecular formula is C20H27NO3. The molecule has 1 aromatic rings. The van der Waals surface area contributed by atoms with Crippen LogP contribution in [0.2, 0.25) is 0 Å². The Labute approximate surface area is 143 Å². The zero-order valence-electron chi connectivity index (χ0n) is 14.6. The van der Waals surface area contributed by atoms with Gasteiger partial charge >= 0.3 is 5.97 Å². The van der Waals surface area contributed by atoms with E-state index in [9.17, 15) is 4.79 Å². The van der Waals surface area contributed by atoms with Crippen molar-refractivity contribution in [3.63, 3.8) is 0 Å². The average molecular weight is 329 g/mol. The molecule has 0 unspecified atom stereocenters. The summed E-state index contributed by atoms with van der Waals surface area (Å²) in [7, 11) is 1.47. The third kappa shape index (κ3) is 2.71. The van der Waals surface area contributed by atoms with E-state index in [-0.39, 0.29) is 29.4 Å². The van der Waals surface area contributed by atoms with Crippen molar-refractivity contribution in [3.05, 3.63) is 29.3 Å². The van der Waals surface area contributed by atoms with Crippen LogP contribution in [-0.4, -0.2) is 24.7 Å². The van der Waals surface area contributed by atoms with Crippen LogP contribution in [0.5, 0.6) is 5.75 Å². The highest BCUT2D eigenvalue weighted by Crippen LogP contribution is 2.49. The number of carbonyl (C=O) groups is 1. The maximum Gasteiger partial charge on any atom is 0.309 e. The Balaban J connectivity index is 1.61. The molecule has 0 radical (unpaired) electrons. The molecule has 4 heteroatoms. The number of hydrogen-bond donors (Lipinski definition) is 1. The summed E-state index contributed by atoms with van der Waals surface area (Å²) in [6.07, 6.45) is 6.44. The van der Waals surface area contributed by atoms with E-state index in [1.807, 2.05) is 6.92 Å². The zero-order valence-corrected chi connectivity index (χ0v) is 14.6. The Morgan fingerprint density at radius 2 is 2.12 bits per heavy atom. The standard InChI is InChI=1S/C20H27NO3/c1-12(19(22)23-2)18(14-4-5-14)15-6-3-13-7-8-20(10-16(21)11-20)24-17(13)9-15/h3,6,9,12,14,16,18H,4-5,7-8,10-11,21H2,1-2H3/t12-,16?,18-,20?/m0/s1. The normalized spacial score (nSPS) is 30.7. The number of fused-ring (bicyclic) bond motifs is 1. The number of methoxy groups -OCH3 is 1. The molecule has 2 saturated carbocycles. The number of ether oxygens (including phenoxy) is 2. The summed E-state index contributed by atoms with van der Waals surface area (Å²) in [5, 5.41) is 0. The third-order valence-corrected chi connectivity index (χ3v) is 6.16. The van der Waals surface area contributed by atoms with Gasteiger partial charge in [-0.15, -0.1) is 0 Å². The van der Waals surface area contributed by atoms with Crippen LogP contribution in [0.25, 0.3) is 0 Å². The summed E-state index contributed by atoms with van der Waals surface area (Å²) in [5.41, 5.74) is 8.45. The molecule has 1 heterocycles. The molecule has 130 valence electrons. The van der Waals surface area contributed by atoms with E-state index in [0.717, 1.165) is 31.4 Å². The van der Waals surface area contributed by atoms with Crippen LogP contribution in [0, 0.1) is 11.8 Å². The summed E-state index contributed by atoms with van der Waals surface area (Å²) in [4.78, 5) is 12.1. The van der Waals surface area contributed by atoms with Gasteiger partial charge in [-0.3, -0.25) is 4.79 Å². The van der Waals surface area contributed by atoms with Gasteiger partial charge in [0.05, 0.1) is 13.0 Å². The summed E-state index contributed by atoms with van der Waals surface area (Å²) in [6.45, 7) is 1.99. The van der Waals surface area contributed by atoms with Crippen molar-refractivity contribution < 1.29 is 14.3 Å². The maximum absolute atomic E-state index is 12.1. The van der Waals surface area contributed by atoms with Gasteiger partial charge < -0.3 is 15.2 Å². The molecule has 0 amide bonds. The summed E-state index contributed by atoms with van der Waals surface area (Å²) in [6, 6.07) is 6.85. The first kappa shape index (κ1) is 15.9. The quantitative estimate of drug-likeness (QED) is 0.862. The Morgan fingerprint density at radius 1 is 1.38 bits per heavy atom. The molecule has 24 heavy (non-hydrogen) atoms. The minimum atomic E-state index is -0.119. The SMILES string of the molecule is COC(=O)[C@@H](C)[C@H](c1ccc2c(c1)OC1(CC2)CC(N)C1)C1CC1. The molecule has 0 bridgehead atoms. The Bertz CT molecular complexity index is 646. The van der Waals surface area contributed by atoms with Crippen molar-refractivity contribution in [2.75, 3.05) is 7.11 Å². The lowest BCUT2D eigenvalue weighted by Gasteiger charge is -2.48. The van der Waals surface area contributed by atoms with Gasteiger partial charge in [0.2, 0.25) is 0 Å². The first-order chi connectivity index (χ1) is 11.5. The molecular weight excluding hydrogens is 302 g/mol. The second-order valence-electron chi connectivity index (χ2n) is 8.00. The molecule has 0 aromatic heterocycles. The average Bonchev–Trinajstić information content (AvgIpc) is 3.37. The first-order valence-electron chi connectivity index (χ1n) is 9.16. The van der Waals surface area contributed by atoms with Gasteiger partial charge in [0.15, 0.2) is 0 Å². The number of esters is 1. The predicted molar refractivity (Wildman–Crippen MR) is 92.0 cm³/mol. The fraction of sp³-hybridized carbons (Fsp3) is 0.650. The lowest BCUT2D eigenvalue weighted by Crippen LogP contribution is -2.56. The highest BCUT2D eigenvalue weighted by atomic mass is 16.5. The largest absolute Gasteiger partial charge is 0.487 e. The smallest absolute Gasteiger partial charge is 0.309 e. The van der Waals surface area contributed by atoms with Crippen LogP contribution in [0.3, 0.4) is 0 Å². The second-order valence-corrected chi connectivity index (χ2v) is 8.00. The van der Waals surface area contributed by atoms with Crippen LogP contribution < -0.4 is 10.5 Å². The van der Waals surface area contributed by atoms with Crippen molar-refractivity contribution in [1.82, 2.24) is 0 Å². The van der Waals surface area contributed by atoms with Gasteiger partial charge in [-0.25, -0.2) is 0 Å². The maximum atomic E-state index is 12.1. The molecule has 0 saturated heterocycles. The van der Waals surface area contributed by atoms with Crippen LogP contribution in [0.15, 0.2) is 18.2 Å². The lowest BCUT2D eigenvalue weighted by molar-refractivity contribution is -0.145. The van der Waals surface area contributed by atoms with E-state index in [1.54, 1.807) is 0 Å². The van der Waals surface area contributed by atoms with Gasteiger partial charge in [-0.2, -0.15) is 0 Å². The molecule has 2 fully saturated rings. The lowest BCUT2D eigenvalue weighted by atomic mass is 9.71. The minimum absolute atomic E-state index is 0.0336. The highest BCUT2D eigenvalue weighted by molar-refractivity contribution is 5.73. The van der Waals surface area contributed by atoms with Crippen LogP contribution in [0.1, 0.15) is 56.1 Å². The van der Waals surface area contributed by atoms with E-state index >= 15 is 0 Å². The molecule has 2 aliphatic carbocycles. The first-order valence-corrected chi connectivity index (χ1v) is 9.16. The molecule has 4 rings (SSSR count). The second kappa shape index (κ2) is 5.76. The van der Waals surface area contributed by atoms with Crippen LogP contribution >= 0.6 is 0 Å². The number of nitrogens with two attached hydrogens (primary N) is 1. The fourth-order valence-electron chi connectivity index (χ4n) is 4.67. The van der Waals surface area contributed by atoms with Crippen molar-refractivity contribution in [3.8, 4) is 5.75 Å². The topological polar surface area (TPSA) is 61.5 Å². The van der Waals surface area contributed by atoms with Gasteiger partial charge in [0.25, 0.3) is 0 Å². The summed E-state index contributed by atoms with van der Waals surface area (Å²) >= 11 is 0. The zero-order chi connectivity index (χ0) is 16.9. The minimum Gasteiger partial charge on any atom is -0.487 e. The third-order valence-electron chi connectivity index (χ3n) is 6.16. The fourth-order valence-corrected chi connectivity index (χ4v) is 4.67. The van der Waals surface area contributed by atoms with Gasteiger partial charge in [0.1, 0.15) is 11.4 Å². The van der Waals surface area contributed by atoms with Crippen LogP contribution in [0.4, 0.5) is 0 Å². The molecule has 1 aliphatic heterocycles. The Kier molecular flexibility index (Phi) is 3.83. The predicted octanol–water partition coefficient (Wildman–Crippen LogP) is 3.17. The van der Waals surface area contributed by atoms with Crippen molar-refractivity contribution in [2.45, 2.75) is 63.0 Å². The van der Waals surface area contributed by atoms with E-state index < -0.39 is 0 Å². The Hall–Kier alpha value is -1.55.